The van der Waals surface area contributed by atoms with Gasteiger partial charge in [-0.3, -0.25) is 9.59 Å². The summed E-state index contributed by atoms with van der Waals surface area (Å²) < 4.78 is 0. The number of likely N-dealkylation sites (N-methyl/N-ethyl adjacent to an activating group) is 1. The first-order valence-electron chi connectivity index (χ1n) is 5.55. The second kappa shape index (κ2) is 4.87. The lowest BCUT2D eigenvalue weighted by molar-refractivity contribution is -0.143. The molecule has 2 aromatic rings. The van der Waals surface area contributed by atoms with Crippen molar-refractivity contribution in [2.75, 3.05) is 13.6 Å². The van der Waals surface area contributed by atoms with Gasteiger partial charge in [-0.2, -0.15) is 0 Å². The number of fused-ring (bicyclic) bond motifs is 1. The first-order chi connectivity index (χ1) is 8.58. The van der Waals surface area contributed by atoms with Crippen LogP contribution in [-0.2, 0) is 16.0 Å². The van der Waals surface area contributed by atoms with Crippen molar-refractivity contribution in [2.45, 2.75) is 6.42 Å². The normalized spacial score (nSPS) is 10.5. The maximum absolute atomic E-state index is 11.3. The fourth-order valence-corrected chi connectivity index (χ4v) is 1.72. The topological polar surface area (TPSA) is 92.1 Å². The molecule has 0 saturated heterocycles. The Morgan fingerprint density at radius 2 is 2.22 bits per heavy atom. The molecule has 94 valence electrons. The van der Waals surface area contributed by atoms with E-state index in [0.717, 1.165) is 16.6 Å². The summed E-state index contributed by atoms with van der Waals surface area (Å²) in [5.41, 5.74) is 7.85. The average molecular weight is 246 g/mol. The molecule has 0 saturated carbocycles. The summed E-state index contributed by atoms with van der Waals surface area (Å²) in [7, 11) is 1.56. The summed E-state index contributed by atoms with van der Waals surface area (Å²) >= 11 is 0. The van der Waals surface area contributed by atoms with Gasteiger partial charge >= 0.3 is 11.8 Å². The molecule has 1 aromatic heterocycles. The molecule has 0 bridgehead atoms. The number of aromatic amines is 1. The van der Waals surface area contributed by atoms with E-state index in [-0.39, 0.29) is 0 Å². The molecular weight excluding hydrogens is 232 g/mol. The molecule has 6 heteroatoms. The Morgan fingerprint density at radius 1 is 1.44 bits per heavy atom. The molecule has 6 nitrogen and oxygen atoms in total. The molecule has 0 fully saturated rings. The number of hydrogen-bond donors (Lipinski definition) is 2. The van der Waals surface area contributed by atoms with Crippen LogP contribution in [0.1, 0.15) is 5.56 Å². The summed E-state index contributed by atoms with van der Waals surface area (Å²) in [5.74, 6) is -1.60. The zero-order valence-corrected chi connectivity index (χ0v) is 10.0. The summed E-state index contributed by atoms with van der Waals surface area (Å²) in [6.07, 6.45) is 2.29. The number of amides is 2. The van der Waals surface area contributed by atoms with Crippen molar-refractivity contribution in [1.29, 1.82) is 0 Å². The van der Waals surface area contributed by atoms with Gasteiger partial charge in [0.25, 0.3) is 0 Å². The Balaban J connectivity index is 2.01. The van der Waals surface area contributed by atoms with Gasteiger partial charge in [0, 0.05) is 13.6 Å². The zero-order valence-electron chi connectivity index (χ0n) is 10.0. The number of rotatable bonds is 3. The van der Waals surface area contributed by atoms with Crippen LogP contribution >= 0.6 is 0 Å². The molecule has 0 aliphatic carbocycles. The molecule has 1 heterocycles. The summed E-state index contributed by atoms with van der Waals surface area (Å²) in [4.78, 5) is 30.4. The van der Waals surface area contributed by atoms with E-state index in [2.05, 4.69) is 9.97 Å². The largest absolute Gasteiger partial charge is 0.361 e. The van der Waals surface area contributed by atoms with Gasteiger partial charge in [-0.05, 0) is 24.1 Å². The molecule has 0 aliphatic heterocycles. The summed E-state index contributed by atoms with van der Waals surface area (Å²) in [6.45, 7) is 0.446. The molecule has 0 spiro atoms. The van der Waals surface area contributed by atoms with Crippen molar-refractivity contribution in [3.63, 3.8) is 0 Å². The number of imidazole rings is 1. The van der Waals surface area contributed by atoms with Crippen LogP contribution in [0.25, 0.3) is 11.0 Å². The van der Waals surface area contributed by atoms with Crippen LogP contribution < -0.4 is 5.73 Å². The molecule has 0 atom stereocenters. The number of hydrogen-bond acceptors (Lipinski definition) is 3. The van der Waals surface area contributed by atoms with Crippen molar-refractivity contribution in [3.8, 4) is 0 Å². The van der Waals surface area contributed by atoms with E-state index in [9.17, 15) is 9.59 Å². The number of aromatic nitrogens is 2. The highest BCUT2D eigenvalue weighted by Crippen LogP contribution is 2.12. The zero-order chi connectivity index (χ0) is 13.1. The highest BCUT2D eigenvalue weighted by Gasteiger charge is 2.14. The second-order valence-electron chi connectivity index (χ2n) is 4.09. The predicted molar refractivity (Wildman–Crippen MR) is 66.6 cm³/mol. The highest BCUT2D eigenvalue weighted by atomic mass is 16.2. The van der Waals surface area contributed by atoms with Crippen LogP contribution in [-0.4, -0.2) is 40.3 Å². The molecular formula is C12H14N4O2. The molecule has 3 N–H and O–H groups in total. The molecule has 2 rings (SSSR count). The van der Waals surface area contributed by atoms with Gasteiger partial charge in [0.15, 0.2) is 0 Å². The predicted octanol–water partition coefficient (Wildman–Crippen LogP) is 0.0491. The fraction of sp³-hybridized carbons (Fsp3) is 0.250. The van der Waals surface area contributed by atoms with Gasteiger partial charge in [0.1, 0.15) is 0 Å². The second-order valence-corrected chi connectivity index (χ2v) is 4.09. The third-order valence-corrected chi connectivity index (χ3v) is 2.78. The Labute approximate surface area is 104 Å². The number of H-pyrrole nitrogens is 1. The quantitative estimate of drug-likeness (QED) is 0.749. The fourth-order valence-electron chi connectivity index (χ4n) is 1.72. The third kappa shape index (κ3) is 2.48. The van der Waals surface area contributed by atoms with Crippen molar-refractivity contribution in [3.05, 3.63) is 30.1 Å². The first-order valence-corrected chi connectivity index (χ1v) is 5.55. The van der Waals surface area contributed by atoms with E-state index in [1.165, 1.54) is 4.90 Å². The average Bonchev–Trinajstić information content (AvgIpc) is 2.82. The molecule has 0 unspecified atom stereocenters. The van der Waals surface area contributed by atoms with Crippen molar-refractivity contribution in [1.82, 2.24) is 14.9 Å². The smallest absolute Gasteiger partial charge is 0.311 e. The Hall–Kier alpha value is -2.37. The van der Waals surface area contributed by atoms with E-state index in [1.54, 1.807) is 13.4 Å². The van der Waals surface area contributed by atoms with Crippen molar-refractivity contribution in [2.24, 2.45) is 5.73 Å². The van der Waals surface area contributed by atoms with E-state index in [4.69, 9.17) is 5.73 Å². The summed E-state index contributed by atoms with van der Waals surface area (Å²) in [5, 5.41) is 0. The number of nitrogens with zero attached hydrogens (tertiary/aromatic N) is 2. The van der Waals surface area contributed by atoms with Crippen LogP contribution in [0, 0.1) is 0 Å². The lowest BCUT2D eigenvalue weighted by Gasteiger charge is -2.14. The monoisotopic (exact) mass is 246 g/mol. The third-order valence-electron chi connectivity index (χ3n) is 2.78. The first kappa shape index (κ1) is 12.1. The van der Waals surface area contributed by atoms with E-state index >= 15 is 0 Å². The molecule has 2 amide bonds. The number of benzene rings is 1. The van der Waals surface area contributed by atoms with Crippen molar-refractivity contribution >= 4 is 22.8 Å². The number of nitrogens with two attached hydrogens (primary N) is 1. The van der Waals surface area contributed by atoms with Gasteiger partial charge in [0.2, 0.25) is 0 Å². The van der Waals surface area contributed by atoms with Gasteiger partial charge in [-0.1, -0.05) is 6.07 Å². The van der Waals surface area contributed by atoms with E-state index < -0.39 is 11.8 Å². The van der Waals surface area contributed by atoms with Crippen LogP contribution in [0.15, 0.2) is 24.5 Å². The molecule has 0 aliphatic rings. The maximum Gasteiger partial charge on any atom is 0.311 e. The van der Waals surface area contributed by atoms with Gasteiger partial charge < -0.3 is 15.6 Å². The van der Waals surface area contributed by atoms with Crippen LogP contribution in [0.5, 0.6) is 0 Å². The van der Waals surface area contributed by atoms with Crippen LogP contribution in [0.4, 0.5) is 0 Å². The number of nitrogens with one attached hydrogen (secondary N) is 1. The molecule has 0 radical (unpaired) electrons. The maximum atomic E-state index is 11.3. The number of carbonyl (C=O) groups excluding carboxylic acids is 2. The van der Waals surface area contributed by atoms with E-state index in [0.29, 0.717) is 13.0 Å². The lowest BCUT2D eigenvalue weighted by Crippen LogP contribution is -2.38. The highest BCUT2D eigenvalue weighted by molar-refractivity contribution is 6.34. The molecule has 1 aromatic carbocycles. The van der Waals surface area contributed by atoms with Gasteiger partial charge in [0.05, 0.1) is 17.4 Å². The van der Waals surface area contributed by atoms with Gasteiger partial charge in [-0.25, -0.2) is 4.98 Å². The Bertz CT molecular complexity index is 591. The minimum absolute atomic E-state index is 0.446. The molecule has 18 heavy (non-hydrogen) atoms. The van der Waals surface area contributed by atoms with Crippen LogP contribution in [0.2, 0.25) is 0 Å². The van der Waals surface area contributed by atoms with Crippen molar-refractivity contribution < 1.29 is 9.59 Å². The summed E-state index contributed by atoms with van der Waals surface area (Å²) in [6, 6.07) is 5.84. The Morgan fingerprint density at radius 3 is 2.94 bits per heavy atom. The van der Waals surface area contributed by atoms with Crippen LogP contribution in [0.3, 0.4) is 0 Å². The number of carbonyl (C=O) groups is 2. The van der Waals surface area contributed by atoms with E-state index in [1.807, 2.05) is 18.2 Å². The number of primary amides is 1. The minimum atomic E-state index is -0.929. The Kier molecular flexibility index (Phi) is 3.27. The van der Waals surface area contributed by atoms with Gasteiger partial charge in [-0.15, -0.1) is 0 Å². The standard InChI is InChI=1S/C12H14N4O2/c1-16(12(18)11(13)17)5-4-8-2-3-9-10(6-8)15-7-14-9/h2-3,6-7H,4-5H2,1H3,(H2,13,17)(H,14,15). The minimum Gasteiger partial charge on any atom is -0.361 e. The lowest BCUT2D eigenvalue weighted by atomic mass is 10.1. The SMILES string of the molecule is CN(CCc1ccc2nc[nH]c2c1)C(=O)C(N)=O.